The molecule has 0 aliphatic carbocycles. The third-order valence-electron chi connectivity index (χ3n) is 3.88. The van der Waals surface area contributed by atoms with E-state index in [0.29, 0.717) is 6.10 Å². The molecule has 2 aromatic rings. The number of aryl methyl sites for hydroxylation is 1. The molecule has 1 aliphatic rings. The van der Waals surface area contributed by atoms with Crippen molar-refractivity contribution in [1.82, 2.24) is 9.97 Å². The van der Waals surface area contributed by atoms with Gasteiger partial charge < -0.3 is 15.0 Å². The van der Waals surface area contributed by atoms with E-state index in [2.05, 4.69) is 35.1 Å². The maximum Gasteiger partial charge on any atom is 0.226 e. The highest BCUT2D eigenvalue weighted by molar-refractivity contribution is 7.18. The molecular formula is C15H22N4OS. The molecule has 2 aromatic heterocycles. The van der Waals surface area contributed by atoms with Gasteiger partial charge in [0.05, 0.1) is 11.5 Å². The second-order valence-electron chi connectivity index (χ2n) is 5.28. The van der Waals surface area contributed by atoms with Crippen molar-refractivity contribution < 1.29 is 4.74 Å². The number of hydrogen-bond acceptors (Lipinski definition) is 6. The van der Waals surface area contributed by atoms with Gasteiger partial charge in [-0.05, 0) is 25.8 Å². The van der Waals surface area contributed by atoms with E-state index < -0.39 is 0 Å². The Morgan fingerprint density at radius 1 is 1.43 bits per heavy atom. The van der Waals surface area contributed by atoms with Gasteiger partial charge in [0.15, 0.2) is 0 Å². The molecule has 0 amide bonds. The molecule has 0 spiro atoms. The van der Waals surface area contributed by atoms with Gasteiger partial charge in [-0.2, -0.15) is 4.98 Å². The first kappa shape index (κ1) is 14.5. The van der Waals surface area contributed by atoms with Gasteiger partial charge in [0.2, 0.25) is 5.95 Å². The monoisotopic (exact) mass is 306 g/mol. The standard InChI is InChI=1S/C15H22N4OS/c1-4-11-8-12-13(19-7-6-10(9-19)20-3)17-15(16-5-2)18-14(12)21-11/h8,10H,4-7,9H2,1-3H3,(H,16,17,18). The molecule has 0 saturated carbocycles. The molecule has 0 aromatic carbocycles. The summed E-state index contributed by atoms with van der Waals surface area (Å²) >= 11 is 1.77. The Kier molecular flexibility index (Phi) is 4.26. The Bertz CT molecular complexity index is 627. The molecule has 0 bridgehead atoms. The lowest BCUT2D eigenvalue weighted by Gasteiger charge is -2.18. The van der Waals surface area contributed by atoms with Crippen LogP contribution in [0.5, 0.6) is 0 Å². The Balaban J connectivity index is 2.03. The summed E-state index contributed by atoms with van der Waals surface area (Å²) in [6.07, 6.45) is 2.41. The van der Waals surface area contributed by atoms with Gasteiger partial charge in [-0.3, -0.25) is 0 Å². The first-order valence-electron chi connectivity index (χ1n) is 7.57. The van der Waals surface area contributed by atoms with E-state index in [4.69, 9.17) is 9.72 Å². The minimum absolute atomic E-state index is 0.307. The Morgan fingerprint density at radius 3 is 2.95 bits per heavy atom. The van der Waals surface area contributed by atoms with Crippen LogP contribution < -0.4 is 10.2 Å². The Hall–Kier alpha value is -1.40. The van der Waals surface area contributed by atoms with E-state index in [1.807, 2.05) is 0 Å². The minimum Gasteiger partial charge on any atom is -0.380 e. The third-order valence-corrected chi connectivity index (χ3v) is 5.06. The number of hydrogen-bond donors (Lipinski definition) is 1. The van der Waals surface area contributed by atoms with E-state index in [9.17, 15) is 0 Å². The average molecular weight is 306 g/mol. The van der Waals surface area contributed by atoms with E-state index in [-0.39, 0.29) is 0 Å². The van der Waals surface area contributed by atoms with Crippen molar-refractivity contribution in [1.29, 1.82) is 0 Å². The Morgan fingerprint density at radius 2 is 2.29 bits per heavy atom. The summed E-state index contributed by atoms with van der Waals surface area (Å²) in [7, 11) is 1.79. The van der Waals surface area contributed by atoms with E-state index in [1.165, 1.54) is 10.3 Å². The van der Waals surface area contributed by atoms with Crippen LogP contribution in [0.25, 0.3) is 10.2 Å². The smallest absolute Gasteiger partial charge is 0.226 e. The fourth-order valence-corrected chi connectivity index (χ4v) is 3.68. The van der Waals surface area contributed by atoms with Crippen LogP contribution in [-0.4, -0.2) is 42.8 Å². The van der Waals surface area contributed by atoms with Gasteiger partial charge in [-0.15, -0.1) is 11.3 Å². The number of nitrogens with zero attached hydrogens (tertiary/aromatic N) is 3. The first-order valence-corrected chi connectivity index (χ1v) is 8.38. The lowest BCUT2D eigenvalue weighted by molar-refractivity contribution is 0.121. The normalized spacial score (nSPS) is 18.6. The van der Waals surface area contributed by atoms with Crippen LogP contribution in [0.1, 0.15) is 25.1 Å². The predicted molar refractivity (Wildman–Crippen MR) is 88.6 cm³/mol. The summed E-state index contributed by atoms with van der Waals surface area (Å²) < 4.78 is 5.48. The van der Waals surface area contributed by atoms with Gasteiger partial charge in [-0.1, -0.05) is 6.92 Å². The molecule has 1 unspecified atom stereocenters. The molecule has 1 fully saturated rings. The van der Waals surface area contributed by atoms with Crippen LogP contribution in [0, 0.1) is 0 Å². The van der Waals surface area contributed by atoms with Gasteiger partial charge in [-0.25, -0.2) is 4.98 Å². The molecule has 21 heavy (non-hydrogen) atoms. The van der Waals surface area contributed by atoms with Crippen LogP contribution in [0.4, 0.5) is 11.8 Å². The van der Waals surface area contributed by atoms with E-state index in [0.717, 1.165) is 49.1 Å². The summed E-state index contributed by atoms with van der Waals surface area (Å²) in [5.74, 6) is 1.77. The molecule has 3 rings (SSSR count). The SMILES string of the molecule is CCNc1nc(N2CCC(OC)C2)c2cc(CC)sc2n1. The molecule has 6 heteroatoms. The minimum atomic E-state index is 0.307. The largest absolute Gasteiger partial charge is 0.380 e. The summed E-state index contributed by atoms with van der Waals surface area (Å²) in [5.41, 5.74) is 0. The van der Waals surface area contributed by atoms with Crippen molar-refractivity contribution in [3.63, 3.8) is 0 Å². The zero-order valence-electron chi connectivity index (χ0n) is 12.8. The van der Waals surface area contributed by atoms with Crippen molar-refractivity contribution in [3.05, 3.63) is 10.9 Å². The molecule has 1 saturated heterocycles. The number of methoxy groups -OCH3 is 1. The fourth-order valence-electron chi connectivity index (χ4n) is 2.72. The first-order chi connectivity index (χ1) is 10.2. The lowest BCUT2D eigenvalue weighted by atomic mass is 10.3. The quantitative estimate of drug-likeness (QED) is 0.920. The van der Waals surface area contributed by atoms with Crippen molar-refractivity contribution in [2.75, 3.05) is 37.0 Å². The number of anilines is 2. The fraction of sp³-hybridized carbons (Fsp3) is 0.600. The molecule has 114 valence electrons. The van der Waals surface area contributed by atoms with Gasteiger partial charge in [0.1, 0.15) is 10.6 Å². The maximum absolute atomic E-state index is 5.48. The molecule has 5 nitrogen and oxygen atoms in total. The molecule has 3 heterocycles. The molecule has 0 radical (unpaired) electrons. The number of thiophene rings is 1. The van der Waals surface area contributed by atoms with Gasteiger partial charge >= 0.3 is 0 Å². The van der Waals surface area contributed by atoms with Crippen LogP contribution in [0.15, 0.2) is 6.07 Å². The topological polar surface area (TPSA) is 50.3 Å². The summed E-state index contributed by atoms with van der Waals surface area (Å²) in [6, 6.07) is 2.24. The molecular weight excluding hydrogens is 284 g/mol. The van der Waals surface area contributed by atoms with Crippen LogP contribution in [0.3, 0.4) is 0 Å². The zero-order valence-corrected chi connectivity index (χ0v) is 13.7. The highest BCUT2D eigenvalue weighted by Crippen LogP contribution is 2.34. The summed E-state index contributed by atoms with van der Waals surface area (Å²) in [4.78, 5) is 14.1. The number of aromatic nitrogens is 2. The number of rotatable bonds is 5. The van der Waals surface area contributed by atoms with E-state index >= 15 is 0 Å². The van der Waals surface area contributed by atoms with Crippen LogP contribution in [0.2, 0.25) is 0 Å². The van der Waals surface area contributed by atoms with Crippen LogP contribution >= 0.6 is 11.3 Å². The summed E-state index contributed by atoms with van der Waals surface area (Å²) in [6.45, 7) is 6.98. The zero-order chi connectivity index (χ0) is 14.8. The highest BCUT2D eigenvalue weighted by atomic mass is 32.1. The molecule has 1 N–H and O–H groups in total. The second-order valence-corrected chi connectivity index (χ2v) is 6.39. The number of nitrogens with one attached hydrogen (secondary N) is 1. The number of ether oxygens (including phenoxy) is 1. The maximum atomic E-state index is 5.48. The summed E-state index contributed by atoms with van der Waals surface area (Å²) in [5, 5.41) is 4.42. The van der Waals surface area contributed by atoms with Crippen molar-refractivity contribution >= 4 is 33.3 Å². The predicted octanol–water partition coefficient (Wildman–Crippen LogP) is 2.91. The average Bonchev–Trinajstić information content (AvgIpc) is 3.12. The van der Waals surface area contributed by atoms with Gasteiger partial charge in [0, 0.05) is 31.6 Å². The van der Waals surface area contributed by atoms with Crippen molar-refractivity contribution in [2.24, 2.45) is 0 Å². The van der Waals surface area contributed by atoms with Gasteiger partial charge in [0.25, 0.3) is 0 Å². The van der Waals surface area contributed by atoms with Crippen molar-refractivity contribution in [3.8, 4) is 0 Å². The third kappa shape index (κ3) is 2.82. The molecule has 1 atom stereocenters. The second kappa shape index (κ2) is 6.15. The van der Waals surface area contributed by atoms with Crippen LogP contribution in [-0.2, 0) is 11.2 Å². The molecule has 1 aliphatic heterocycles. The van der Waals surface area contributed by atoms with Crippen molar-refractivity contribution in [2.45, 2.75) is 32.8 Å². The van der Waals surface area contributed by atoms with E-state index in [1.54, 1.807) is 18.4 Å². The Labute approximate surface area is 129 Å². The lowest BCUT2D eigenvalue weighted by Crippen LogP contribution is -2.23. The highest BCUT2D eigenvalue weighted by Gasteiger charge is 2.25. The number of fused-ring (bicyclic) bond motifs is 1.